The first-order valence-corrected chi connectivity index (χ1v) is 9.21. The third-order valence-electron chi connectivity index (χ3n) is 5.43. The van der Waals surface area contributed by atoms with Crippen molar-refractivity contribution in [3.8, 4) is 0 Å². The summed E-state index contributed by atoms with van der Waals surface area (Å²) in [6, 6.07) is 0. The van der Waals surface area contributed by atoms with Gasteiger partial charge in [0.1, 0.15) is 0 Å². The number of amides is 1. The Morgan fingerprint density at radius 1 is 1.10 bits per heavy atom. The molecule has 0 aromatic rings. The highest BCUT2D eigenvalue weighted by Crippen LogP contribution is 2.40. The van der Waals surface area contributed by atoms with Gasteiger partial charge in [0, 0.05) is 17.3 Å². The Balaban J connectivity index is 1.72. The van der Waals surface area contributed by atoms with Gasteiger partial charge in [-0.3, -0.25) is 4.79 Å². The van der Waals surface area contributed by atoms with E-state index in [2.05, 4.69) is 42.0 Å². The van der Waals surface area contributed by atoms with E-state index < -0.39 is 0 Å². The van der Waals surface area contributed by atoms with Crippen LogP contribution in [0.25, 0.3) is 0 Å². The molecule has 0 aromatic carbocycles. The number of hydrogen-bond acceptors (Lipinski definition) is 1. The molecule has 0 aliphatic heterocycles. The minimum atomic E-state index is 0.267. The number of alkyl halides is 1. The largest absolute Gasteiger partial charge is 0.356 e. The van der Waals surface area contributed by atoms with E-state index in [4.69, 9.17) is 0 Å². The minimum absolute atomic E-state index is 0.267. The van der Waals surface area contributed by atoms with E-state index in [1.165, 1.54) is 32.1 Å². The van der Waals surface area contributed by atoms with Crippen molar-refractivity contribution in [2.45, 2.75) is 70.5 Å². The lowest BCUT2D eigenvalue weighted by molar-refractivity contribution is -0.126. The number of halogens is 1. The van der Waals surface area contributed by atoms with Crippen LogP contribution in [-0.4, -0.2) is 17.3 Å². The van der Waals surface area contributed by atoms with E-state index in [1.807, 2.05) is 0 Å². The first-order chi connectivity index (χ1) is 9.38. The Hall–Kier alpha value is -0.0500. The van der Waals surface area contributed by atoms with Crippen LogP contribution in [-0.2, 0) is 4.79 Å². The molecule has 0 spiro atoms. The molecule has 0 bridgehead atoms. The van der Waals surface area contributed by atoms with E-state index >= 15 is 0 Å². The van der Waals surface area contributed by atoms with Gasteiger partial charge in [0.15, 0.2) is 0 Å². The van der Waals surface area contributed by atoms with Crippen LogP contribution in [0.1, 0.15) is 65.7 Å². The minimum Gasteiger partial charge on any atom is -0.356 e. The quantitative estimate of drug-likeness (QED) is 0.750. The first kappa shape index (κ1) is 16.3. The number of rotatable bonds is 3. The van der Waals surface area contributed by atoms with Gasteiger partial charge in [-0.05, 0) is 55.8 Å². The van der Waals surface area contributed by atoms with Crippen molar-refractivity contribution in [2.75, 3.05) is 6.54 Å². The van der Waals surface area contributed by atoms with Crippen LogP contribution >= 0.6 is 15.9 Å². The first-order valence-electron chi connectivity index (χ1n) is 8.29. The van der Waals surface area contributed by atoms with E-state index in [0.29, 0.717) is 22.1 Å². The molecule has 2 nitrogen and oxygen atoms in total. The van der Waals surface area contributed by atoms with E-state index in [0.717, 1.165) is 25.3 Å². The fourth-order valence-corrected chi connectivity index (χ4v) is 4.59. The molecule has 20 heavy (non-hydrogen) atoms. The van der Waals surface area contributed by atoms with Crippen LogP contribution in [0.4, 0.5) is 0 Å². The summed E-state index contributed by atoms with van der Waals surface area (Å²) in [6.45, 7) is 7.85. The molecule has 116 valence electrons. The third kappa shape index (κ3) is 4.22. The molecule has 3 heteroatoms. The second-order valence-electron chi connectivity index (χ2n) is 7.87. The summed E-state index contributed by atoms with van der Waals surface area (Å²) in [7, 11) is 0. The normalized spacial score (nSPS) is 35.0. The fourth-order valence-electron chi connectivity index (χ4n) is 3.82. The Kier molecular flexibility index (Phi) is 5.56. The lowest BCUT2D eigenvalue weighted by Crippen LogP contribution is -2.38. The van der Waals surface area contributed by atoms with E-state index in [-0.39, 0.29) is 5.92 Å². The number of carbonyl (C=O) groups excluding carboxylic acids is 1. The predicted molar refractivity (Wildman–Crippen MR) is 88.0 cm³/mol. The summed E-state index contributed by atoms with van der Waals surface area (Å²) >= 11 is 3.73. The molecule has 2 aliphatic rings. The summed E-state index contributed by atoms with van der Waals surface area (Å²) in [5, 5.41) is 3.21. The van der Waals surface area contributed by atoms with Gasteiger partial charge in [-0.15, -0.1) is 0 Å². The summed E-state index contributed by atoms with van der Waals surface area (Å²) in [5.74, 6) is 2.01. The molecular weight excluding hydrogens is 314 g/mol. The van der Waals surface area contributed by atoms with Crippen LogP contribution in [0.15, 0.2) is 0 Å². The van der Waals surface area contributed by atoms with Gasteiger partial charge in [-0.1, -0.05) is 43.1 Å². The maximum atomic E-state index is 12.3. The summed E-state index contributed by atoms with van der Waals surface area (Å²) < 4.78 is 0. The van der Waals surface area contributed by atoms with Crippen LogP contribution in [0.5, 0.6) is 0 Å². The van der Waals surface area contributed by atoms with Crippen molar-refractivity contribution in [3.63, 3.8) is 0 Å². The Morgan fingerprint density at radius 2 is 1.75 bits per heavy atom. The molecule has 2 aliphatic carbocycles. The molecule has 0 radical (unpaired) electrons. The van der Waals surface area contributed by atoms with Crippen molar-refractivity contribution < 1.29 is 4.79 Å². The second kappa shape index (κ2) is 6.81. The monoisotopic (exact) mass is 343 g/mol. The molecule has 2 saturated carbocycles. The maximum absolute atomic E-state index is 12.3. The maximum Gasteiger partial charge on any atom is 0.223 e. The van der Waals surface area contributed by atoms with Crippen molar-refractivity contribution in [1.29, 1.82) is 0 Å². The standard InChI is InChI=1S/C17H30BrNO/c1-17(2,3)14-9-7-12(8-10-14)16(20)19-11-13-5-4-6-15(13)18/h12-15H,4-11H2,1-3H3,(H,19,20). The fraction of sp³-hybridized carbons (Fsp3) is 0.941. The highest BCUT2D eigenvalue weighted by atomic mass is 79.9. The van der Waals surface area contributed by atoms with Crippen LogP contribution in [0, 0.1) is 23.2 Å². The zero-order valence-electron chi connectivity index (χ0n) is 13.3. The Labute approximate surface area is 132 Å². The molecule has 2 unspecified atom stereocenters. The van der Waals surface area contributed by atoms with Gasteiger partial charge in [0.2, 0.25) is 5.91 Å². The van der Waals surface area contributed by atoms with Gasteiger partial charge in [0.05, 0.1) is 0 Å². The molecule has 1 N–H and O–H groups in total. The van der Waals surface area contributed by atoms with Gasteiger partial charge in [0.25, 0.3) is 0 Å². The number of nitrogens with one attached hydrogen (secondary N) is 1. The van der Waals surface area contributed by atoms with Gasteiger partial charge < -0.3 is 5.32 Å². The average molecular weight is 344 g/mol. The molecule has 2 fully saturated rings. The van der Waals surface area contributed by atoms with Crippen LogP contribution in [0.2, 0.25) is 0 Å². The van der Waals surface area contributed by atoms with Crippen molar-refractivity contribution in [2.24, 2.45) is 23.2 Å². The summed E-state index contributed by atoms with van der Waals surface area (Å²) in [5.41, 5.74) is 0.397. The molecular formula is C17H30BrNO. The predicted octanol–water partition coefficient (Wildman–Crippen LogP) is 4.52. The van der Waals surface area contributed by atoms with E-state index in [9.17, 15) is 4.79 Å². The number of carbonyl (C=O) groups is 1. The Morgan fingerprint density at radius 3 is 2.25 bits per heavy atom. The van der Waals surface area contributed by atoms with Gasteiger partial charge >= 0.3 is 0 Å². The lowest BCUT2D eigenvalue weighted by Gasteiger charge is -2.36. The highest BCUT2D eigenvalue weighted by Gasteiger charge is 2.33. The zero-order chi connectivity index (χ0) is 14.8. The molecule has 0 saturated heterocycles. The second-order valence-corrected chi connectivity index (χ2v) is 9.04. The van der Waals surface area contributed by atoms with Crippen molar-refractivity contribution in [3.05, 3.63) is 0 Å². The smallest absolute Gasteiger partial charge is 0.223 e. The summed E-state index contributed by atoms with van der Waals surface area (Å²) in [6.07, 6.45) is 8.40. The summed E-state index contributed by atoms with van der Waals surface area (Å²) in [4.78, 5) is 12.9. The zero-order valence-corrected chi connectivity index (χ0v) is 14.8. The van der Waals surface area contributed by atoms with Crippen molar-refractivity contribution in [1.82, 2.24) is 5.32 Å². The molecule has 0 heterocycles. The van der Waals surface area contributed by atoms with Gasteiger partial charge in [-0.25, -0.2) is 0 Å². The molecule has 2 rings (SSSR count). The SMILES string of the molecule is CC(C)(C)C1CCC(C(=O)NCC2CCCC2Br)CC1. The molecule has 0 aromatic heterocycles. The number of hydrogen-bond donors (Lipinski definition) is 1. The average Bonchev–Trinajstić information content (AvgIpc) is 2.81. The Bertz CT molecular complexity index is 328. The third-order valence-corrected chi connectivity index (χ3v) is 6.63. The lowest BCUT2D eigenvalue weighted by atomic mass is 9.69. The molecule has 1 amide bonds. The molecule has 2 atom stereocenters. The van der Waals surface area contributed by atoms with Gasteiger partial charge in [-0.2, -0.15) is 0 Å². The van der Waals surface area contributed by atoms with Crippen molar-refractivity contribution >= 4 is 21.8 Å². The highest BCUT2D eigenvalue weighted by molar-refractivity contribution is 9.09. The van der Waals surface area contributed by atoms with Crippen LogP contribution < -0.4 is 5.32 Å². The van der Waals surface area contributed by atoms with Crippen LogP contribution in [0.3, 0.4) is 0 Å². The topological polar surface area (TPSA) is 29.1 Å². The van der Waals surface area contributed by atoms with E-state index in [1.54, 1.807) is 0 Å².